The minimum Gasteiger partial charge on any atom is -0.508 e. The van der Waals surface area contributed by atoms with Crippen LogP contribution < -0.4 is 43.8 Å². The molecule has 0 bridgehead atoms. The minimum atomic E-state index is -1.43. The van der Waals surface area contributed by atoms with Gasteiger partial charge in [-0.2, -0.15) is 0 Å². The third-order valence-corrected chi connectivity index (χ3v) is 11.7. The van der Waals surface area contributed by atoms with E-state index in [2.05, 4.69) is 36.6 Å². The van der Waals surface area contributed by atoms with Gasteiger partial charge in [-0.3, -0.25) is 43.5 Å². The number of ketones is 1. The van der Waals surface area contributed by atoms with Gasteiger partial charge in [0.1, 0.15) is 36.0 Å². The number of phenols is 1. The van der Waals surface area contributed by atoms with Crippen LogP contribution in [-0.4, -0.2) is 130 Å². The van der Waals surface area contributed by atoms with Crippen molar-refractivity contribution >= 4 is 58.1 Å². The third-order valence-electron chi connectivity index (χ3n) is 11.7. The number of carbonyl (C=O) groups excluding carboxylic acids is 7. The number of para-hydroxylation sites is 1. The number of pyridine rings is 1. The van der Waals surface area contributed by atoms with Crippen LogP contribution in [-0.2, 0) is 46.4 Å². The van der Waals surface area contributed by atoms with Crippen molar-refractivity contribution in [3.63, 3.8) is 0 Å². The number of amides is 6. The largest absolute Gasteiger partial charge is 0.508 e. The molecule has 0 spiro atoms. The highest BCUT2D eigenvalue weighted by Gasteiger charge is 2.38. The number of nitrogens with two attached hydrogens (primary N) is 3. The molecule has 20 nitrogen and oxygen atoms in total. The first-order valence-electron chi connectivity index (χ1n) is 23.7. The number of fused-ring (bicyclic) bond motifs is 1. The van der Waals surface area contributed by atoms with Crippen molar-refractivity contribution in [3.05, 3.63) is 71.9 Å². The van der Waals surface area contributed by atoms with E-state index in [1.807, 2.05) is 58.0 Å². The number of aliphatic hydroxyl groups excluding tert-OH is 1. The van der Waals surface area contributed by atoms with Crippen LogP contribution in [0, 0.1) is 11.8 Å². The van der Waals surface area contributed by atoms with Gasteiger partial charge in [-0.1, -0.05) is 58.0 Å². The van der Waals surface area contributed by atoms with Crippen molar-refractivity contribution < 1.29 is 43.8 Å². The topological polar surface area (TPSA) is 327 Å². The molecular formula is C49H71N11O9. The lowest BCUT2D eigenvalue weighted by molar-refractivity contribution is -0.141. The van der Waals surface area contributed by atoms with Crippen molar-refractivity contribution in [1.29, 1.82) is 0 Å². The van der Waals surface area contributed by atoms with Gasteiger partial charge in [0.05, 0.1) is 18.2 Å². The van der Waals surface area contributed by atoms with Gasteiger partial charge >= 0.3 is 0 Å². The van der Waals surface area contributed by atoms with Gasteiger partial charge in [0, 0.05) is 43.9 Å². The fourth-order valence-electron chi connectivity index (χ4n) is 8.18. The molecule has 20 heteroatoms. The van der Waals surface area contributed by atoms with Crippen LogP contribution in [0.4, 0.5) is 0 Å². The van der Waals surface area contributed by atoms with E-state index in [-0.39, 0.29) is 80.9 Å². The van der Waals surface area contributed by atoms with Gasteiger partial charge < -0.3 is 58.9 Å². The Kier molecular flexibility index (Phi) is 21.8. The van der Waals surface area contributed by atoms with Crippen LogP contribution in [0.2, 0.25) is 0 Å². The minimum absolute atomic E-state index is 0.0193. The summed E-state index contributed by atoms with van der Waals surface area (Å²) in [5.74, 6) is -4.55. The van der Waals surface area contributed by atoms with E-state index in [0.29, 0.717) is 37.8 Å². The van der Waals surface area contributed by atoms with Gasteiger partial charge in [-0.05, 0) is 98.7 Å². The third kappa shape index (κ3) is 17.7. The number of aliphatic hydroxyl groups is 1. The standard InChI is InChI=1S/C49H71N11O9/c1-29(2)23-37(44(65)56-36(11-7-21-53-49(51)52)48(69)60-22-8-12-41(60)42(63)19-20-50)57-45(66)38(24-30(3)4)58-46(67)39(26-31-13-16-34(62)17-14-31)59-47(68)40(28-61)55-43(64)18-15-32-25-33-9-5-6-10-35(33)54-27-32/h5-6,9-10,13-14,16-17,25,27,29-30,36-41,61-62H,7-8,11-12,15,18-24,26,28,50H2,1-4H3,(H,55,64)(H,56,65)(H,57,66)(H,58,67)(H,59,68)(H4,51,52,53)/t36-,37-,38+,39-,40-,41-/m0/s1. The van der Waals surface area contributed by atoms with Crippen LogP contribution in [0.1, 0.15) is 90.2 Å². The zero-order valence-corrected chi connectivity index (χ0v) is 40.1. The molecule has 2 heterocycles. The molecule has 0 saturated carbocycles. The molecule has 0 aliphatic carbocycles. The number of aromatic hydroxyl groups is 1. The molecule has 4 rings (SSSR count). The lowest BCUT2D eigenvalue weighted by Gasteiger charge is -2.31. The molecule has 1 fully saturated rings. The van der Waals surface area contributed by atoms with Crippen molar-refractivity contribution in [2.24, 2.45) is 34.0 Å². The highest BCUT2D eigenvalue weighted by molar-refractivity contribution is 5.97. The maximum atomic E-state index is 14.3. The summed E-state index contributed by atoms with van der Waals surface area (Å²) in [6.45, 7) is 7.24. The predicted octanol–water partition coefficient (Wildman–Crippen LogP) is 0.587. The van der Waals surface area contributed by atoms with Crippen LogP contribution in [0.25, 0.3) is 10.9 Å². The Morgan fingerprint density at radius 2 is 1.36 bits per heavy atom. The lowest BCUT2D eigenvalue weighted by Crippen LogP contribution is -2.60. The smallest absolute Gasteiger partial charge is 0.245 e. The normalized spacial score (nSPS) is 15.7. The maximum absolute atomic E-state index is 14.3. The predicted molar refractivity (Wildman–Crippen MR) is 261 cm³/mol. The number of phenolic OH excluding ortho intramolecular Hbond substituents is 1. The Hall–Kier alpha value is -6.67. The zero-order chi connectivity index (χ0) is 50.6. The first kappa shape index (κ1) is 54.9. The number of hydrogen-bond donors (Lipinski definition) is 10. The van der Waals surface area contributed by atoms with Gasteiger partial charge in [-0.15, -0.1) is 0 Å². The van der Waals surface area contributed by atoms with E-state index >= 15 is 0 Å². The second kappa shape index (κ2) is 27.4. The van der Waals surface area contributed by atoms with E-state index in [1.54, 1.807) is 18.3 Å². The van der Waals surface area contributed by atoms with Crippen molar-refractivity contribution in [3.8, 4) is 5.75 Å². The first-order valence-corrected chi connectivity index (χ1v) is 23.7. The van der Waals surface area contributed by atoms with Crippen LogP contribution in [0.5, 0.6) is 5.75 Å². The van der Waals surface area contributed by atoms with Crippen molar-refractivity contribution in [2.45, 2.75) is 128 Å². The molecule has 0 radical (unpaired) electrons. The number of aromatic nitrogens is 1. The lowest BCUT2D eigenvalue weighted by atomic mass is 9.98. The van der Waals surface area contributed by atoms with Gasteiger partial charge in [0.25, 0.3) is 0 Å². The van der Waals surface area contributed by atoms with Gasteiger partial charge in [0.2, 0.25) is 35.4 Å². The molecule has 6 amide bonds. The molecule has 0 unspecified atom stereocenters. The van der Waals surface area contributed by atoms with E-state index in [4.69, 9.17) is 17.2 Å². The summed E-state index contributed by atoms with van der Waals surface area (Å²) in [4.78, 5) is 106. The summed E-state index contributed by atoms with van der Waals surface area (Å²) in [6.07, 6.45) is 3.73. The summed E-state index contributed by atoms with van der Waals surface area (Å²) in [5, 5.41) is 34.6. The van der Waals surface area contributed by atoms with E-state index < -0.39 is 78.3 Å². The number of benzene rings is 2. The number of carbonyl (C=O) groups is 7. The summed E-state index contributed by atoms with van der Waals surface area (Å²) in [6, 6.07) is 8.49. The molecule has 3 aromatic rings. The summed E-state index contributed by atoms with van der Waals surface area (Å²) < 4.78 is 0. The molecular weight excluding hydrogens is 887 g/mol. The molecule has 13 N–H and O–H groups in total. The highest BCUT2D eigenvalue weighted by atomic mass is 16.3. The maximum Gasteiger partial charge on any atom is 0.245 e. The number of nitrogens with zero attached hydrogens (tertiary/aromatic N) is 3. The molecule has 1 aromatic heterocycles. The Balaban J connectivity index is 1.51. The summed E-state index contributed by atoms with van der Waals surface area (Å²) in [5.41, 5.74) is 18.8. The number of nitrogens with one attached hydrogen (secondary N) is 5. The van der Waals surface area contributed by atoms with Crippen LogP contribution >= 0.6 is 0 Å². The number of guanidine groups is 1. The Labute approximate surface area is 403 Å². The molecule has 1 aliphatic heterocycles. The monoisotopic (exact) mass is 958 g/mol. The Bertz CT molecular complexity index is 2250. The zero-order valence-electron chi connectivity index (χ0n) is 40.1. The second-order valence-electron chi connectivity index (χ2n) is 18.4. The molecule has 1 saturated heterocycles. The molecule has 376 valence electrons. The molecule has 69 heavy (non-hydrogen) atoms. The quantitative estimate of drug-likeness (QED) is 0.0285. The fraction of sp³-hybridized carbons (Fsp3) is 0.531. The SMILES string of the molecule is CC(C)C[C@H](NC(=O)[C@@H](CC(C)C)NC(=O)[C@H](Cc1ccc(O)cc1)NC(=O)[C@H](CO)NC(=O)CCc1cnc2ccccc2c1)C(=O)N[C@@H](CCCN=C(N)N)C(=O)N1CCC[C@H]1C(=O)CCN. The van der Waals surface area contributed by atoms with E-state index in [9.17, 15) is 43.8 Å². The average Bonchev–Trinajstić information content (AvgIpc) is 3.81. The van der Waals surface area contributed by atoms with Gasteiger partial charge in [0.15, 0.2) is 11.7 Å². The number of aryl methyl sites for hydroxylation is 1. The average molecular weight is 958 g/mol. The number of rotatable bonds is 27. The molecule has 6 atom stereocenters. The van der Waals surface area contributed by atoms with Crippen LogP contribution in [0.15, 0.2) is 65.8 Å². The number of aliphatic imine (C=N–C) groups is 1. The van der Waals surface area contributed by atoms with E-state index in [1.165, 1.54) is 17.0 Å². The number of likely N-dealkylation sites (tertiary alicyclic amines) is 1. The Morgan fingerprint density at radius 3 is 1.97 bits per heavy atom. The van der Waals surface area contributed by atoms with Crippen molar-refractivity contribution in [1.82, 2.24) is 36.5 Å². The van der Waals surface area contributed by atoms with Crippen molar-refractivity contribution in [2.75, 3.05) is 26.2 Å². The number of Topliss-reactive ketones (excluding diaryl/α,β-unsaturated/α-hetero) is 1. The second-order valence-corrected chi connectivity index (χ2v) is 18.4. The fourth-order valence-corrected chi connectivity index (χ4v) is 8.18. The summed E-state index contributed by atoms with van der Waals surface area (Å²) in [7, 11) is 0. The molecule has 2 aromatic carbocycles. The Morgan fingerprint density at radius 1 is 0.768 bits per heavy atom. The molecule has 1 aliphatic rings. The van der Waals surface area contributed by atoms with E-state index in [0.717, 1.165) is 16.5 Å². The summed E-state index contributed by atoms with van der Waals surface area (Å²) >= 11 is 0. The number of hydrogen-bond acceptors (Lipinski definition) is 12. The highest BCUT2D eigenvalue weighted by Crippen LogP contribution is 2.22. The first-order chi connectivity index (χ1) is 32.9. The van der Waals surface area contributed by atoms with Gasteiger partial charge in [-0.25, -0.2) is 0 Å². The van der Waals surface area contributed by atoms with Crippen LogP contribution in [0.3, 0.4) is 0 Å².